The Bertz CT molecular complexity index is 1020. The Hall–Kier alpha value is -3.39. The Balaban J connectivity index is 1.58. The van der Waals surface area contributed by atoms with Gasteiger partial charge in [-0.2, -0.15) is 5.10 Å². The van der Waals surface area contributed by atoms with E-state index in [4.69, 9.17) is 26.9 Å². The summed E-state index contributed by atoms with van der Waals surface area (Å²) in [6.07, 6.45) is 1.56. The number of benzene rings is 2. The van der Waals surface area contributed by atoms with E-state index in [1.165, 1.54) is 35.0 Å². The molecular weight excluding hydrogens is 387 g/mol. The van der Waals surface area contributed by atoms with Gasteiger partial charge in [-0.15, -0.1) is 0 Å². The van der Waals surface area contributed by atoms with E-state index in [1.54, 1.807) is 24.4 Å². The lowest BCUT2D eigenvalue weighted by molar-refractivity contribution is 0.0507. The summed E-state index contributed by atoms with van der Waals surface area (Å²) in [6, 6.07) is 12.0. The van der Waals surface area contributed by atoms with Crippen LogP contribution in [0.2, 0.25) is 5.02 Å². The number of nitrogens with zero attached hydrogens (tertiary/aromatic N) is 3. The number of rotatable bonds is 6. The molecule has 0 bridgehead atoms. The van der Waals surface area contributed by atoms with Crippen molar-refractivity contribution in [3.8, 4) is 5.75 Å². The van der Waals surface area contributed by atoms with Crippen LogP contribution in [-0.2, 0) is 11.6 Å². The third kappa shape index (κ3) is 4.86. The first-order valence-electron chi connectivity index (χ1n) is 8.15. The second-order valence-corrected chi connectivity index (χ2v) is 6.19. The molecule has 0 amide bonds. The van der Waals surface area contributed by atoms with Crippen molar-refractivity contribution in [2.75, 3.05) is 0 Å². The first-order chi connectivity index (χ1) is 13.4. The standard InChI is InChI=1S/C19H16ClFN4O3/c1-12-10-15(6-7-16(12)20)27-11-25-9-8-17(23-25)19(26)28-24-18(22)13-2-4-14(21)5-3-13/h2-10H,11H2,1H3,(H2,22,24). The molecule has 0 saturated heterocycles. The normalized spacial score (nSPS) is 11.3. The van der Waals surface area contributed by atoms with Crippen molar-refractivity contribution < 1.29 is 18.8 Å². The Labute approximate surface area is 165 Å². The van der Waals surface area contributed by atoms with Crippen LogP contribution in [0.25, 0.3) is 0 Å². The van der Waals surface area contributed by atoms with Gasteiger partial charge in [0.2, 0.25) is 0 Å². The average molecular weight is 403 g/mol. The van der Waals surface area contributed by atoms with Crippen LogP contribution >= 0.6 is 11.6 Å². The zero-order valence-electron chi connectivity index (χ0n) is 14.8. The summed E-state index contributed by atoms with van der Waals surface area (Å²) in [6.45, 7) is 1.96. The molecule has 144 valence electrons. The van der Waals surface area contributed by atoms with E-state index in [0.717, 1.165) is 5.56 Å². The fraction of sp³-hybridized carbons (Fsp3) is 0.105. The molecule has 1 aromatic heterocycles. The molecule has 0 aliphatic carbocycles. The molecule has 0 unspecified atom stereocenters. The lowest BCUT2D eigenvalue weighted by atomic mass is 10.2. The van der Waals surface area contributed by atoms with Gasteiger partial charge in [-0.05, 0) is 61.0 Å². The molecule has 3 rings (SSSR count). The number of ether oxygens (including phenoxy) is 1. The number of carbonyl (C=O) groups is 1. The van der Waals surface area contributed by atoms with Crippen LogP contribution < -0.4 is 10.5 Å². The van der Waals surface area contributed by atoms with Gasteiger partial charge in [-0.3, -0.25) is 0 Å². The number of hydrogen-bond acceptors (Lipinski definition) is 5. The summed E-state index contributed by atoms with van der Waals surface area (Å²) >= 11 is 5.97. The molecule has 0 fully saturated rings. The maximum Gasteiger partial charge on any atom is 0.385 e. The fourth-order valence-electron chi connectivity index (χ4n) is 2.20. The fourth-order valence-corrected chi connectivity index (χ4v) is 2.32. The predicted octanol–water partition coefficient (Wildman–Crippen LogP) is 3.50. The van der Waals surface area contributed by atoms with E-state index in [0.29, 0.717) is 16.3 Å². The Kier molecular flexibility index (Phi) is 5.90. The molecule has 0 atom stereocenters. The topological polar surface area (TPSA) is 91.7 Å². The number of aryl methyl sites for hydroxylation is 1. The van der Waals surface area contributed by atoms with Crippen molar-refractivity contribution >= 4 is 23.4 Å². The molecule has 0 aliphatic rings. The minimum absolute atomic E-state index is 0.0338. The molecule has 2 aromatic carbocycles. The summed E-state index contributed by atoms with van der Waals surface area (Å²) < 4.78 is 19.9. The molecule has 0 aliphatic heterocycles. The number of aromatic nitrogens is 2. The molecule has 2 N–H and O–H groups in total. The molecule has 1 heterocycles. The van der Waals surface area contributed by atoms with Gasteiger partial charge >= 0.3 is 5.97 Å². The van der Waals surface area contributed by atoms with Gasteiger partial charge in [0.15, 0.2) is 18.3 Å². The van der Waals surface area contributed by atoms with Crippen molar-refractivity contribution in [3.05, 3.63) is 82.4 Å². The Morgan fingerprint density at radius 3 is 2.71 bits per heavy atom. The smallest absolute Gasteiger partial charge is 0.385 e. The highest BCUT2D eigenvalue weighted by atomic mass is 35.5. The van der Waals surface area contributed by atoms with Crippen LogP contribution in [0.5, 0.6) is 5.75 Å². The van der Waals surface area contributed by atoms with Crippen LogP contribution in [0.1, 0.15) is 21.6 Å². The van der Waals surface area contributed by atoms with Crippen molar-refractivity contribution in [1.29, 1.82) is 0 Å². The predicted molar refractivity (Wildman–Crippen MR) is 102 cm³/mol. The van der Waals surface area contributed by atoms with Crippen LogP contribution in [-0.4, -0.2) is 21.6 Å². The number of amidine groups is 1. The second kappa shape index (κ2) is 8.53. The van der Waals surface area contributed by atoms with Crippen molar-refractivity contribution in [2.45, 2.75) is 13.7 Å². The zero-order valence-corrected chi connectivity index (χ0v) is 15.6. The summed E-state index contributed by atoms with van der Waals surface area (Å²) in [7, 11) is 0. The molecule has 0 radical (unpaired) electrons. The maximum atomic E-state index is 12.9. The lowest BCUT2D eigenvalue weighted by Crippen LogP contribution is -2.15. The number of hydrogen-bond donors (Lipinski definition) is 1. The van der Waals surface area contributed by atoms with Gasteiger partial charge < -0.3 is 15.3 Å². The first-order valence-corrected chi connectivity index (χ1v) is 8.53. The molecule has 0 saturated carbocycles. The third-order valence-electron chi connectivity index (χ3n) is 3.71. The van der Waals surface area contributed by atoms with Gasteiger partial charge in [0.1, 0.15) is 11.6 Å². The second-order valence-electron chi connectivity index (χ2n) is 5.79. The SMILES string of the molecule is Cc1cc(OCn2ccc(C(=O)O/N=C(\N)c3ccc(F)cc3)n2)ccc1Cl. The van der Waals surface area contributed by atoms with Crippen molar-refractivity contribution in [2.24, 2.45) is 10.9 Å². The van der Waals surface area contributed by atoms with E-state index >= 15 is 0 Å². The minimum atomic E-state index is -0.786. The zero-order chi connectivity index (χ0) is 20.1. The van der Waals surface area contributed by atoms with E-state index < -0.39 is 11.8 Å². The quantitative estimate of drug-likeness (QED) is 0.295. The van der Waals surface area contributed by atoms with E-state index in [1.807, 2.05) is 6.92 Å². The summed E-state index contributed by atoms with van der Waals surface area (Å²) in [5.41, 5.74) is 7.05. The molecule has 3 aromatic rings. The van der Waals surface area contributed by atoms with E-state index in [-0.39, 0.29) is 18.3 Å². The summed E-state index contributed by atoms with van der Waals surface area (Å²) in [5, 5.41) is 8.26. The van der Waals surface area contributed by atoms with Crippen LogP contribution in [0, 0.1) is 12.7 Å². The molecule has 7 nitrogen and oxygen atoms in total. The molecular formula is C19H16ClFN4O3. The van der Waals surface area contributed by atoms with E-state index in [9.17, 15) is 9.18 Å². The molecule has 0 spiro atoms. The minimum Gasteiger partial charge on any atom is -0.471 e. The Morgan fingerprint density at radius 2 is 2.00 bits per heavy atom. The average Bonchev–Trinajstić information content (AvgIpc) is 3.16. The largest absolute Gasteiger partial charge is 0.471 e. The molecule has 28 heavy (non-hydrogen) atoms. The highest BCUT2D eigenvalue weighted by Crippen LogP contribution is 2.21. The summed E-state index contributed by atoms with van der Waals surface area (Å²) in [4.78, 5) is 16.8. The van der Waals surface area contributed by atoms with Crippen LogP contribution in [0.15, 0.2) is 59.9 Å². The lowest BCUT2D eigenvalue weighted by Gasteiger charge is -2.07. The number of nitrogens with two attached hydrogens (primary N) is 1. The number of oxime groups is 1. The van der Waals surface area contributed by atoms with Crippen molar-refractivity contribution in [1.82, 2.24) is 9.78 Å². The van der Waals surface area contributed by atoms with Gasteiger partial charge in [-0.1, -0.05) is 16.8 Å². The number of halogens is 2. The van der Waals surface area contributed by atoms with Gasteiger partial charge in [0, 0.05) is 16.8 Å². The van der Waals surface area contributed by atoms with Crippen LogP contribution in [0.4, 0.5) is 4.39 Å². The highest BCUT2D eigenvalue weighted by Gasteiger charge is 2.12. The maximum absolute atomic E-state index is 12.9. The highest BCUT2D eigenvalue weighted by molar-refractivity contribution is 6.31. The third-order valence-corrected chi connectivity index (χ3v) is 4.13. The Morgan fingerprint density at radius 1 is 1.25 bits per heavy atom. The van der Waals surface area contributed by atoms with Gasteiger partial charge in [0.05, 0.1) is 0 Å². The van der Waals surface area contributed by atoms with Gasteiger partial charge in [-0.25, -0.2) is 13.9 Å². The van der Waals surface area contributed by atoms with Crippen molar-refractivity contribution in [3.63, 3.8) is 0 Å². The summed E-state index contributed by atoms with van der Waals surface area (Å²) in [5.74, 6) is -0.631. The van der Waals surface area contributed by atoms with Crippen LogP contribution in [0.3, 0.4) is 0 Å². The van der Waals surface area contributed by atoms with Gasteiger partial charge in [0.25, 0.3) is 0 Å². The van der Waals surface area contributed by atoms with E-state index in [2.05, 4.69) is 10.3 Å². The molecule has 9 heteroatoms. The number of carbonyl (C=O) groups excluding carboxylic acids is 1. The first kappa shape index (κ1) is 19.4. The monoisotopic (exact) mass is 402 g/mol.